The van der Waals surface area contributed by atoms with E-state index in [0.717, 1.165) is 12.2 Å². The highest BCUT2D eigenvalue weighted by Crippen LogP contribution is 2.11. The zero-order chi connectivity index (χ0) is 15.1. The highest BCUT2D eigenvalue weighted by molar-refractivity contribution is 7.99. The lowest BCUT2D eigenvalue weighted by Crippen LogP contribution is -2.33. The molecular weight excluding hydrogens is 270 g/mol. The summed E-state index contributed by atoms with van der Waals surface area (Å²) in [5, 5.41) is 3.01. The zero-order valence-electron chi connectivity index (χ0n) is 13.6. The number of carbonyl (C=O) groups excluding carboxylic acids is 1. The molecule has 0 aliphatic heterocycles. The van der Waals surface area contributed by atoms with Gasteiger partial charge in [0.15, 0.2) is 0 Å². The summed E-state index contributed by atoms with van der Waals surface area (Å²) in [4.78, 5) is 11.5. The quantitative estimate of drug-likeness (QED) is 0.493. The molecule has 1 atom stereocenters. The number of carbonyl (C=O) groups is 1. The molecule has 0 radical (unpaired) electrons. The summed E-state index contributed by atoms with van der Waals surface area (Å²) >= 11 is 2.01. The molecule has 0 heterocycles. The van der Waals surface area contributed by atoms with Crippen molar-refractivity contribution in [2.24, 2.45) is 0 Å². The molecule has 120 valence electrons. The lowest BCUT2D eigenvalue weighted by atomic mass is 10.1. The van der Waals surface area contributed by atoms with Gasteiger partial charge in [0, 0.05) is 19.6 Å². The third kappa shape index (κ3) is 14.2. The number of rotatable bonds is 14. The summed E-state index contributed by atoms with van der Waals surface area (Å²) in [5.74, 6) is 2.50. The molecule has 0 saturated heterocycles. The van der Waals surface area contributed by atoms with E-state index in [1.54, 1.807) is 7.11 Å². The van der Waals surface area contributed by atoms with Crippen LogP contribution in [0.5, 0.6) is 0 Å². The molecule has 20 heavy (non-hydrogen) atoms. The summed E-state index contributed by atoms with van der Waals surface area (Å²) in [6, 6.07) is 0.274. The molecule has 0 spiro atoms. The second kappa shape index (κ2) is 15.2. The predicted molar refractivity (Wildman–Crippen MR) is 89.4 cm³/mol. The molecule has 0 aliphatic rings. The second-order valence-electron chi connectivity index (χ2n) is 5.38. The van der Waals surface area contributed by atoms with Crippen LogP contribution in [0.25, 0.3) is 0 Å². The number of nitrogens with one attached hydrogen (secondary N) is 1. The van der Waals surface area contributed by atoms with E-state index < -0.39 is 0 Å². The molecule has 0 aliphatic carbocycles. The Morgan fingerprint density at radius 1 is 1.15 bits per heavy atom. The smallest absolute Gasteiger partial charge is 0.222 e. The summed E-state index contributed by atoms with van der Waals surface area (Å²) in [7, 11) is 1.62. The lowest BCUT2D eigenvalue weighted by Gasteiger charge is -2.13. The SMILES string of the molecule is CCCCCCCCSCC[C@@H](C)NC(=O)CCOC. The van der Waals surface area contributed by atoms with Gasteiger partial charge in [0.2, 0.25) is 5.91 Å². The van der Waals surface area contributed by atoms with Gasteiger partial charge in [0.25, 0.3) is 0 Å². The Hall–Kier alpha value is -0.220. The van der Waals surface area contributed by atoms with E-state index in [9.17, 15) is 4.79 Å². The van der Waals surface area contributed by atoms with Crippen LogP contribution in [0.15, 0.2) is 0 Å². The largest absolute Gasteiger partial charge is 0.384 e. The molecule has 0 unspecified atom stereocenters. The minimum atomic E-state index is 0.0975. The number of ether oxygens (including phenoxy) is 1. The molecule has 1 N–H and O–H groups in total. The maximum Gasteiger partial charge on any atom is 0.222 e. The molecule has 0 fully saturated rings. The third-order valence-electron chi connectivity index (χ3n) is 3.28. The van der Waals surface area contributed by atoms with E-state index >= 15 is 0 Å². The van der Waals surface area contributed by atoms with Crippen LogP contribution >= 0.6 is 11.8 Å². The number of unbranched alkanes of at least 4 members (excludes halogenated alkanes) is 5. The first-order valence-corrected chi connectivity index (χ1v) is 9.22. The van der Waals surface area contributed by atoms with Gasteiger partial charge in [-0.3, -0.25) is 4.79 Å². The van der Waals surface area contributed by atoms with Crippen LogP contribution in [0.3, 0.4) is 0 Å². The predicted octanol–water partition coefficient (Wildman–Crippen LogP) is 4.01. The van der Waals surface area contributed by atoms with Crippen molar-refractivity contribution >= 4 is 17.7 Å². The minimum absolute atomic E-state index is 0.0975. The van der Waals surface area contributed by atoms with E-state index in [1.165, 1.54) is 44.3 Å². The fourth-order valence-electron chi connectivity index (χ4n) is 1.96. The van der Waals surface area contributed by atoms with Gasteiger partial charge in [-0.15, -0.1) is 0 Å². The van der Waals surface area contributed by atoms with Crippen LogP contribution in [0, 0.1) is 0 Å². The van der Waals surface area contributed by atoms with E-state index in [4.69, 9.17) is 4.74 Å². The second-order valence-corrected chi connectivity index (χ2v) is 6.60. The fourth-order valence-corrected chi connectivity index (χ4v) is 3.09. The van der Waals surface area contributed by atoms with E-state index in [-0.39, 0.29) is 11.9 Å². The fraction of sp³-hybridized carbons (Fsp3) is 0.938. The molecule has 3 nitrogen and oxygen atoms in total. The molecular formula is C16H33NO2S. The number of hydrogen-bond acceptors (Lipinski definition) is 3. The highest BCUT2D eigenvalue weighted by Gasteiger charge is 2.06. The minimum Gasteiger partial charge on any atom is -0.384 e. The standard InChI is InChI=1S/C16H33NO2S/c1-4-5-6-7-8-9-13-20-14-11-15(2)17-16(18)10-12-19-3/h15H,4-14H2,1-3H3,(H,17,18)/t15-/m1/s1. The van der Waals surface area contributed by atoms with Crippen molar-refractivity contribution in [2.45, 2.75) is 71.3 Å². The van der Waals surface area contributed by atoms with Crippen molar-refractivity contribution in [3.63, 3.8) is 0 Å². The van der Waals surface area contributed by atoms with Crippen molar-refractivity contribution in [2.75, 3.05) is 25.2 Å². The van der Waals surface area contributed by atoms with Gasteiger partial charge in [0.1, 0.15) is 0 Å². The van der Waals surface area contributed by atoms with Gasteiger partial charge < -0.3 is 10.1 Å². The first-order valence-electron chi connectivity index (χ1n) is 8.06. The van der Waals surface area contributed by atoms with E-state index in [1.807, 2.05) is 11.8 Å². The lowest BCUT2D eigenvalue weighted by molar-refractivity contribution is -0.122. The van der Waals surface area contributed by atoms with Crippen LogP contribution < -0.4 is 5.32 Å². The van der Waals surface area contributed by atoms with Gasteiger partial charge in [-0.05, 0) is 31.3 Å². The monoisotopic (exact) mass is 303 g/mol. The van der Waals surface area contributed by atoms with Gasteiger partial charge in [0.05, 0.1) is 6.61 Å². The van der Waals surface area contributed by atoms with Gasteiger partial charge >= 0.3 is 0 Å². The summed E-state index contributed by atoms with van der Waals surface area (Å²) < 4.78 is 4.89. The van der Waals surface area contributed by atoms with Crippen molar-refractivity contribution in [3.8, 4) is 0 Å². The molecule has 0 rings (SSSR count). The number of hydrogen-bond donors (Lipinski definition) is 1. The first kappa shape index (κ1) is 19.8. The molecule has 0 aromatic heterocycles. The van der Waals surface area contributed by atoms with E-state index in [0.29, 0.717) is 13.0 Å². The van der Waals surface area contributed by atoms with Crippen molar-refractivity contribution in [3.05, 3.63) is 0 Å². The van der Waals surface area contributed by atoms with Crippen LogP contribution in [0.1, 0.15) is 65.2 Å². The summed E-state index contributed by atoms with van der Waals surface area (Å²) in [6.07, 6.45) is 9.71. The molecule has 4 heteroatoms. The van der Waals surface area contributed by atoms with Crippen molar-refractivity contribution < 1.29 is 9.53 Å². The zero-order valence-corrected chi connectivity index (χ0v) is 14.4. The summed E-state index contributed by atoms with van der Waals surface area (Å²) in [6.45, 7) is 4.84. The molecule has 0 aromatic rings. The Labute approximate surface area is 129 Å². The number of amides is 1. The van der Waals surface area contributed by atoms with Crippen molar-refractivity contribution in [1.29, 1.82) is 0 Å². The van der Waals surface area contributed by atoms with Crippen LogP contribution in [-0.4, -0.2) is 37.2 Å². The Morgan fingerprint density at radius 3 is 2.55 bits per heavy atom. The molecule has 0 bridgehead atoms. The van der Waals surface area contributed by atoms with Gasteiger partial charge in [-0.2, -0.15) is 11.8 Å². The Morgan fingerprint density at radius 2 is 1.85 bits per heavy atom. The molecule has 1 amide bonds. The van der Waals surface area contributed by atoms with Crippen molar-refractivity contribution in [1.82, 2.24) is 5.32 Å². The Bertz CT molecular complexity index is 225. The molecule has 0 aromatic carbocycles. The third-order valence-corrected chi connectivity index (χ3v) is 4.38. The van der Waals surface area contributed by atoms with Crippen LogP contribution in [0.2, 0.25) is 0 Å². The maximum atomic E-state index is 11.5. The van der Waals surface area contributed by atoms with E-state index in [2.05, 4.69) is 19.2 Å². The molecule has 0 saturated carbocycles. The van der Waals surface area contributed by atoms with Gasteiger partial charge in [-0.1, -0.05) is 39.0 Å². The number of methoxy groups -OCH3 is 1. The average molecular weight is 304 g/mol. The average Bonchev–Trinajstić information content (AvgIpc) is 2.43. The topological polar surface area (TPSA) is 38.3 Å². The van der Waals surface area contributed by atoms with Crippen LogP contribution in [-0.2, 0) is 9.53 Å². The summed E-state index contributed by atoms with van der Waals surface area (Å²) in [5.41, 5.74) is 0. The Balaban J connectivity index is 3.26. The highest BCUT2D eigenvalue weighted by atomic mass is 32.2. The van der Waals surface area contributed by atoms with Crippen LogP contribution in [0.4, 0.5) is 0 Å². The number of thioether (sulfide) groups is 1. The maximum absolute atomic E-state index is 11.5. The van der Waals surface area contributed by atoms with Gasteiger partial charge in [-0.25, -0.2) is 0 Å². The first-order chi connectivity index (χ1) is 9.70. The normalized spacial score (nSPS) is 12.3. The Kier molecular flexibility index (Phi) is 15.0.